The largest absolute Gasteiger partial charge is 0.401 e. The fraction of sp³-hybridized carbons (Fsp3) is 0.650. The summed E-state index contributed by atoms with van der Waals surface area (Å²) in [4.78, 5) is 5.81. The van der Waals surface area contributed by atoms with Crippen molar-refractivity contribution in [3.8, 4) is 0 Å². The van der Waals surface area contributed by atoms with E-state index in [1.165, 1.54) is 10.5 Å². The van der Waals surface area contributed by atoms with Crippen molar-refractivity contribution in [2.75, 3.05) is 33.2 Å². The van der Waals surface area contributed by atoms with Crippen molar-refractivity contribution in [3.63, 3.8) is 0 Å². The third-order valence-corrected chi connectivity index (χ3v) is 5.52. The minimum Gasteiger partial charge on any atom is -0.356 e. The molecule has 2 fully saturated rings. The van der Waals surface area contributed by atoms with E-state index >= 15 is 0 Å². The van der Waals surface area contributed by atoms with Gasteiger partial charge >= 0.3 is 6.18 Å². The van der Waals surface area contributed by atoms with Gasteiger partial charge in [-0.05, 0) is 50.3 Å². The SMILES string of the molecule is CN=C(NCCC1CCN(CC(F)(F)F)CC1)NC1CC1c1ccccc1. The van der Waals surface area contributed by atoms with E-state index in [2.05, 4.69) is 39.9 Å². The van der Waals surface area contributed by atoms with Gasteiger partial charge in [0, 0.05) is 25.6 Å². The van der Waals surface area contributed by atoms with Crippen molar-refractivity contribution in [1.82, 2.24) is 15.5 Å². The molecule has 27 heavy (non-hydrogen) atoms. The summed E-state index contributed by atoms with van der Waals surface area (Å²) in [5, 5.41) is 6.82. The van der Waals surface area contributed by atoms with Crippen LogP contribution in [-0.2, 0) is 0 Å². The van der Waals surface area contributed by atoms with Crippen LogP contribution in [0.5, 0.6) is 0 Å². The first kappa shape index (κ1) is 20.0. The second-order valence-corrected chi connectivity index (χ2v) is 7.63. The molecule has 0 spiro atoms. The molecule has 0 aromatic heterocycles. The number of halogens is 3. The predicted octanol–water partition coefficient (Wildman–Crippen LogP) is 3.37. The van der Waals surface area contributed by atoms with Gasteiger partial charge in [0.1, 0.15) is 0 Å². The Hall–Kier alpha value is -1.76. The molecule has 1 aromatic rings. The monoisotopic (exact) mass is 382 g/mol. The van der Waals surface area contributed by atoms with Gasteiger partial charge in [0.25, 0.3) is 0 Å². The topological polar surface area (TPSA) is 39.7 Å². The first-order chi connectivity index (χ1) is 12.9. The number of nitrogens with one attached hydrogen (secondary N) is 2. The quantitative estimate of drug-likeness (QED) is 0.585. The highest BCUT2D eigenvalue weighted by Gasteiger charge is 2.38. The summed E-state index contributed by atoms with van der Waals surface area (Å²) in [7, 11) is 1.77. The summed E-state index contributed by atoms with van der Waals surface area (Å²) >= 11 is 0. The number of guanidine groups is 1. The van der Waals surface area contributed by atoms with Crippen molar-refractivity contribution in [2.24, 2.45) is 10.9 Å². The highest BCUT2D eigenvalue weighted by Crippen LogP contribution is 2.40. The van der Waals surface area contributed by atoms with E-state index in [4.69, 9.17) is 0 Å². The summed E-state index contributed by atoms with van der Waals surface area (Å²) in [5.41, 5.74) is 1.36. The Balaban J connectivity index is 1.32. The van der Waals surface area contributed by atoms with Gasteiger partial charge in [0.15, 0.2) is 5.96 Å². The lowest BCUT2D eigenvalue weighted by Crippen LogP contribution is -2.42. The van der Waals surface area contributed by atoms with Gasteiger partial charge in [-0.3, -0.25) is 9.89 Å². The minimum absolute atomic E-state index is 0.421. The van der Waals surface area contributed by atoms with Gasteiger partial charge in [-0.2, -0.15) is 13.2 Å². The predicted molar refractivity (Wildman–Crippen MR) is 102 cm³/mol. The number of hydrogen-bond donors (Lipinski definition) is 2. The normalized spacial score (nSPS) is 24.7. The molecule has 1 heterocycles. The molecule has 1 aromatic carbocycles. The molecule has 0 bridgehead atoms. The van der Waals surface area contributed by atoms with Crippen molar-refractivity contribution in [3.05, 3.63) is 35.9 Å². The molecule has 150 valence electrons. The van der Waals surface area contributed by atoms with Crippen molar-refractivity contribution >= 4 is 5.96 Å². The highest BCUT2D eigenvalue weighted by atomic mass is 19.4. The molecule has 3 rings (SSSR count). The molecular formula is C20H29F3N4. The average Bonchev–Trinajstić information content (AvgIpc) is 3.41. The number of hydrogen-bond acceptors (Lipinski definition) is 2. The number of rotatable bonds is 6. The van der Waals surface area contributed by atoms with Crippen LogP contribution in [0.3, 0.4) is 0 Å². The lowest BCUT2D eigenvalue weighted by atomic mass is 9.93. The van der Waals surface area contributed by atoms with Crippen molar-refractivity contribution < 1.29 is 13.2 Å². The zero-order valence-electron chi connectivity index (χ0n) is 15.8. The molecule has 0 amide bonds. The molecule has 4 nitrogen and oxygen atoms in total. The van der Waals surface area contributed by atoms with E-state index in [1.807, 2.05) is 6.07 Å². The van der Waals surface area contributed by atoms with Crippen LogP contribution in [0.4, 0.5) is 13.2 Å². The maximum Gasteiger partial charge on any atom is 0.401 e. The Labute approximate surface area is 159 Å². The maximum absolute atomic E-state index is 12.4. The molecule has 7 heteroatoms. The Bertz CT molecular complexity index is 609. The van der Waals surface area contributed by atoms with E-state index in [9.17, 15) is 13.2 Å². The Kier molecular flexibility index (Phi) is 6.63. The Morgan fingerprint density at radius 1 is 1.19 bits per heavy atom. The molecular weight excluding hydrogens is 353 g/mol. The molecule has 1 aliphatic heterocycles. The lowest BCUT2D eigenvalue weighted by molar-refractivity contribution is -0.148. The van der Waals surface area contributed by atoms with Gasteiger partial charge in [-0.1, -0.05) is 30.3 Å². The van der Waals surface area contributed by atoms with E-state index < -0.39 is 12.7 Å². The fourth-order valence-corrected chi connectivity index (χ4v) is 3.87. The van der Waals surface area contributed by atoms with Gasteiger partial charge in [-0.15, -0.1) is 0 Å². The lowest BCUT2D eigenvalue weighted by Gasteiger charge is -2.32. The minimum atomic E-state index is -4.09. The molecule has 1 saturated carbocycles. The standard InChI is InChI=1S/C20H29F3N4/c1-24-19(26-18-13-17(18)16-5-3-2-4-6-16)25-10-7-15-8-11-27(12-9-15)14-20(21,22)23/h2-6,15,17-18H,7-14H2,1H3,(H2,24,25,26). The summed E-state index contributed by atoms with van der Waals surface area (Å²) in [5.74, 6) is 1.84. The van der Waals surface area contributed by atoms with Crippen LogP contribution in [0.1, 0.15) is 37.2 Å². The van der Waals surface area contributed by atoms with Crippen LogP contribution in [0, 0.1) is 5.92 Å². The molecule has 2 N–H and O–H groups in total. The summed E-state index contributed by atoms with van der Waals surface area (Å²) < 4.78 is 37.3. The van der Waals surface area contributed by atoms with E-state index in [1.54, 1.807) is 7.05 Å². The van der Waals surface area contributed by atoms with Crippen LogP contribution in [0.2, 0.25) is 0 Å². The molecule has 0 radical (unpaired) electrons. The van der Waals surface area contributed by atoms with Gasteiger partial charge < -0.3 is 10.6 Å². The molecule has 2 unspecified atom stereocenters. The molecule has 2 atom stereocenters. The van der Waals surface area contributed by atoms with Gasteiger partial charge in [0.05, 0.1) is 6.54 Å². The number of nitrogens with zero attached hydrogens (tertiary/aromatic N) is 2. The molecule has 2 aliphatic rings. The van der Waals surface area contributed by atoms with Crippen LogP contribution >= 0.6 is 0 Å². The molecule has 1 aliphatic carbocycles. The summed E-state index contributed by atoms with van der Waals surface area (Å²) in [6.45, 7) is 1.10. The Morgan fingerprint density at radius 3 is 2.52 bits per heavy atom. The number of piperidine rings is 1. The smallest absolute Gasteiger partial charge is 0.356 e. The number of likely N-dealkylation sites (tertiary alicyclic amines) is 1. The van der Waals surface area contributed by atoms with E-state index in [0.717, 1.165) is 38.2 Å². The maximum atomic E-state index is 12.4. The fourth-order valence-electron chi connectivity index (χ4n) is 3.87. The number of alkyl halides is 3. The van der Waals surface area contributed by atoms with Crippen molar-refractivity contribution in [1.29, 1.82) is 0 Å². The number of benzene rings is 1. The van der Waals surface area contributed by atoms with Crippen molar-refractivity contribution in [2.45, 2.75) is 43.8 Å². The van der Waals surface area contributed by atoms with Crippen LogP contribution in [0.25, 0.3) is 0 Å². The zero-order valence-corrected chi connectivity index (χ0v) is 15.8. The first-order valence-corrected chi connectivity index (χ1v) is 9.76. The van der Waals surface area contributed by atoms with E-state index in [0.29, 0.717) is 31.0 Å². The first-order valence-electron chi connectivity index (χ1n) is 9.76. The van der Waals surface area contributed by atoms with Crippen LogP contribution in [0.15, 0.2) is 35.3 Å². The second kappa shape index (κ2) is 8.95. The molecule has 1 saturated heterocycles. The average molecular weight is 382 g/mol. The van der Waals surface area contributed by atoms with E-state index in [-0.39, 0.29) is 0 Å². The zero-order chi connectivity index (χ0) is 19.3. The van der Waals surface area contributed by atoms with Crippen LogP contribution < -0.4 is 10.6 Å². The summed E-state index contributed by atoms with van der Waals surface area (Å²) in [6, 6.07) is 10.9. The van der Waals surface area contributed by atoms with Gasteiger partial charge in [0.2, 0.25) is 0 Å². The van der Waals surface area contributed by atoms with Crippen LogP contribution in [-0.4, -0.2) is 56.3 Å². The highest BCUT2D eigenvalue weighted by molar-refractivity contribution is 5.80. The number of aliphatic imine (C=N–C) groups is 1. The third-order valence-electron chi connectivity index (χ3n) is 5.52. The summed E-state index contributed by atoms with van der Waals surface area (Å²) in [6.07, 6.45) is -0.340. The Morgan fingerprint density at radius 2 is 1.89 bits per heavy atom. The third kappa shape index (κ3) is 6.41. The second-order valence-electron chi connectivity index (χ2n) is 7.63. The van der Waals surface area contributed by atoms with Gasteiger partial charge in [-0.25, -0.2) is 0 Å².